The van der Waals surface area contributed by atoms with Gasteiger partial charge >= 0.3 is 0 Å². The molecule has 0 saturated heterocycles. The van der Waals surface area contributed by atoms with Gasteiger partial charge in [0.15, 0.2) is 5.82 Å². The van der Waals surface area contributed by atoms with E-state index in [-0.39, 0.29) is 29.2 Å². The van der Waals surface area contributed by atoms with Crippen molar-refractivity contribution in [2.24, 2.45) is 0 Å². The fraction of sp³-hybridized carbons (Fsp3) is 0.167. The summed E-state index contributed by atoms with van der Waals surface area (Å²) >= 11 is 0. The van der Waals surface area contributed by atoms with Crippen LogP contribution in [0.4, 0.5) is 10.1 Å². The van der Waals surface area contributed by atoms with E-state index >= 15 is 0 Å². The number of nitrogens with zero attached hydrogens (tertiary/aromatic N) is 2. The molecule has 0 saturated carbocycles. The number of H-pyrrole nitrogens is 2. The maximum atomic E-state index is 13.9. The van der Waals surface area contributed by atoms with E-state index in [0.717, 1.165) is 11.1 Å². The summed E-state index contributed by atoms with van der Waals surface area (Å²) in [5.74, 6) is -0.0314. The predicted octanol–water partition coefficient (Wildman–Crippen LogP) is 4.12. The van der Waals surface area contributed by atoms with Crippen LogP contribution in [-0.4, -0.2) is 20.9 Å². The lowest BCUT2D eigenvalue weighted by Crippen LogP contribution is -2.18. The lowest BCUT2D eigenvalue weighted by Gasteiger charge is -2.11. The third kappa shape index (κ3) is 4.01. The van der Waals surface area contributed by atoms with Crippen LogP contribution >= 0.6 is 0 Å². The van der Waals surface area contributed by atoms with Crippen LogP contribution in [0.3, 0.4) is 0 Å². The van der Waals surface area contributed by atoms with Crippen LogP contribution < -0.4 is 10.9 Å². The van der Waals surface area contributed by atoms with Gasteiger partial charge in [-0.3, -0.25) is 9.59 Å². The molecule has 8 heteroatoms. The number of carbonyl (C=O) groups excluding carboxylic acids is 1. The molecule has 0 bridgehead atoms. The maximum Gasteiger partial charge on any atom is 0.266 e. The molecular formula is C24H20FN5O2. The first kappa shape index (κ1) is 21.0. The number of hydrogen-bond acceptors (Lipinski definition) is 4. The van der Waals surface area contributed by atoms with Crippen LogP contribution in [0.2, 0.25) is 0 Å². The molecule has 1 amide bonds. The van der Waals surface area contributed by atoms with Crippen LogP contribution in [0, 0.1) is 31.0 Å². The van der Waals surface area contributed by atoms with E-state index in [1.54, 1.807) is 50.2 Å². The molecule has 0 spiro atoms. The molecule has 3 N–H and O–H groups in total. The van der Waals surface area contributed by atoms with Crippen molar-refractivity contribution in [3.8, 4) is 17.5 Å². The first-order chi connectivity index (χ1) is 15.4. The summed E-state index contributed by atoms with van der Waals surface area (Å²) in [5.41, 5.74) is 4.01. The van der Waals surface area contributed by atoms with E-state index < -0.39 is 5.56 Å². The van der Waals surface area contributed by atoms with Crippen molar-refractivity contribution >= 4 is 22.6 Å². The molecule has 0 unspecified atom stereocenters. The molecule has 4 aromatic rings. The minimum atomic E-state index is -0.414. The third-order valence-corrected chi connectivity index (χ3v) is 5.43. The number of benzene rings is 2. The summed E-state index contributed by atoms with van der Waals surface area (Å²) in [7, 11) is 0. The molecule has 0 atom stereocenters. The highest BCUT2D eigenvalue weighted by Gasteiger charge is 2.14. The molecule has 2 aromatic heterocycles. The van der Waals surface area contributed by atoms with Crippen molar-refractivity contribution in [3.05, 3.63) is 81.0 Å². The topological polar surface area (TPSA) is 114 Å². The largest absolute Gasteiger partial charge is 0.338 e. The number of nitrogens with one attached hydrogen (secondary N) is 3. The summed E-state index contributed by atoms with van der Waals surface area (Å²) < 4.78 is 13.9. The Balaban J connectivity index is 1.44. The number of para-hydroxylation sites is 1. The number of fused-ring (bicyclic) bond motifs is 1. The van der Waals surface area contributed by atoms with E-state index in [4.69, 9.17) is 0 Å². The van der Waals surface area contributed by atoms with Crippen molar-refractivity contribution < 1.29 is 9.18 Å². The number of hydrogen-bond donors (Lipinski definition) is 3. The molecule has 2 heterocycles. The van der Waals surface area contributed by atoms with Gasteiger partial charge in [-0.25, -0.2) is 9.37 Å². The van der Waals surface area contributed by atoms with Gasteiger partial charge in [-0.2, -0.15) is 5.26 Å². The monoisotopic (exact) mass is 429 g/mol. The fourth-order valence-electron chi connectivity index (χ4n) is 3.73. The molecule has 0 aliphatic heterocycles. The molecule has 7 nitrogen and oxygen atoms in total. The lowest BCUT2D eigenvalue weighted by atomic mass is 9.99. The first-order valence-electron chi connectivity index (χ1n) is 10.0. The Morgan fingerprint density at radius 3 is 2.59 bits per heavy atom. The highest BCUT2D eigenvalue weighted by atomic mass is 19.1. The summed E-state index contributed by atoms with van der Waals surface area (Å²) in [6.07, 6.45) is 0.598. The summed E-state index contributed by atoms with van der Waals surface area (Å²) in [6, 6.07) is 13.7. The maximum absolute atomic E-state index is 13.9. The van der Waals surface area contributed by atoms with Crippen LogP contribution in [0.5, 0.6) is 0 Å². The number of aromatic amines is 2. The average molecular weight is 429 g/mol. The molecule has 4 rings (SSSR count). The highest BCUT2D eigenvalue weighted by molar-refractivity contribution is 5.91. The van der Waals surface area contributed by atoms with Crippen molar-refractivity contribution in [1.82, 2.24) is 15.0 Å². The molecule has 0 radical (unpaired) electrons. The van der Waals surface area contributed by atoms with Crippen molar-refractivity contribution in [2.45, 2.75) is 26.7 Å². The number of rotatable bonds is 5. The number of amides is 1. The fourth-order valence-corrected chi connectivity index (χ4v) is 3.73. The Labute approximate surface area is 182 Å². The van der Waals surface area contributed by atoms with Gasteiger partial charge in [0.1, 0.15) is 23.0 Å². The van der Waals surface area contributed by atoms with Crippen LogP contribution in [-0.2, 0) is 11.2 Å². The Hall–Kier alpha value is -4.25. The molecule has 32 heavy (non-hydrogen) atoms. The number of aryl methyl sites for hydroxylation is 1. The van der Waals surface area contributed by atoms with Gasteiger partial charge < -0.3 is 15.3 Å². The van der Waals surface area contributed by atoms with E-state index in [9.17, 15) is 19.2 Å². The number of carbonyl (C=O) groups is 1. The number of halogens is 1. The Morgan fingerprint density at radius 1 is 1.16 bits per heavy atom. The highest BCUT2D eigenvalue weighted by Crippen LogP contribution is 2.23. The average Bonchev–Trinajstić information content (AvgIpc) is 3.20. The van der Waals surface area contributed by atoms with Crippen molar-refractivity contribution in [2.75, 3.05) is 5.32 Å². The first-order valence-corrected chi connectivity index (χ1v) is 10.0. The zero-order valence-corrected chi connectivity index (χ0v) is 17.5. The zero-order chi connectivity index (χ0) is 22.8. The van der Waals surface area contributed by atoms with Gasteiger partial charge in [0.25, 0.3) is 5.56 Å². The van der Waals surface area contributed by atoms with Crippen molar-refractivity contribution in [1.29, 1.82) is 5.26 Å². The van der Waals surface area contributed by atoms with Crippen molar-refractivity contribution in [3.63, 3.8) is 0 Å². The second-order valence-corrected chi connectivity index (χ2v) is 7.52. The van der Waals surface area contributed by atoms with E-state index in [1.807, 2.05) is 6.07 Å². The molecule has 0 aliphatic carbocycles. The molecule has 0 aliphatic rings. The van der Waals surface area contributed by atoms with Gasteiger partial charge in [0, 0.05) is 23.4 Å². The number of anilines is 1. The van der Waals surface area contributed by atoms with E-state index in [0.29, 0.717) is 34.7 Å². The smallest absolute Gasteiger partial charge is 0.266 e. The van der Waals surface area contributed by atoms with Crippen LogP contribution in [0.1, 0.15) is 28.8 Å². The Bertz CT molecular complexity index is 1430. The number of imidazole rings is 1. The quantitative estimate of drug-likeness (QED) is 0.443. The third-order valence-electron chi connectivity index (χ3n) is 5.43. The van der Waals surface area contributed by atoms with Crippen LogP contribution in [0.15, 0.2) is 47.3 Å². The number of aromatic nitrogens is 3. The molecule has 0 fully saturated rings. The second kappa shape index (κ2) is 8.47. The van der Waals surface area contributed by atoms with Gasteiger partial charge in [0.2, 0.25) is 5.91 Å². The zero-order valence-electron chi connectivity index (χ0n) is 17.5. The molecular weight excluding hydrogens is 409 g/mol. The standard InChI is InChI=1S/C24H20FN5O2/c1-13-17(14(2)27-24(32)18(13)12-26)10-11-21(31)28-16-8-6-15(7-9-16)23-29-20-5-3-4-19(25)22(20)30-23/h3-9H,10-11H2,1-2H3,(H,27,32)(H,28,31)(H,29,30). The number of pyridine rings is 1. The number of nitriles is 1. The minimum absolute atomic E-state index is 0.0760. The molecule has 160 valence electrons. The summed E-state index contributed by atoms with van der Waals surface area (Å²) in [4.78, 5) is 34.3. The second-order valence-electron chi connectivity index (χ2n) is 7.52. The van der Waals surface area contributed by atoms with Gasteiger partial charge in [-0.15, -0.1) is 0 Å². The molecule has 2 aromatic carbocycles. The minimum Gasteiger partial charge on any atom is -0.338 e. The summed E-state index contributed by atoms with van der Waals surface area (Å²) in [6.45, 7) is 3.47. The predicted molar refractivity (Wildman–Crippen MR) is 120 cm³/mol. The van der Waals surface area contributed by atoms with E-state index in [1.165, 1.54) is 6.07 Å². The van der Waals surface area contributed by atoms with Gasteiger partial charge in [0.05, 0.1) is 5.52 Å². The Morgan fingerprint density at radius 2 is 1.91 bits per heavy atom. The van der Waals surface area contributed by atoms with Crippen LogP contribution in [0.25, 0.3) is 22.4 Å². The Kier molecular flexibility index (Phi) is 5.56. The van der Waals surface area contributed by atoms with Gasteiger partial charge in [-0.05, 0) is 67.8 Å². The lowest BCUT2D eigenvalue weighted by molar-refractivity contribution is -0.116. The van der Waals surface area contributed by atoms with E-state index in [2.05, 4.69) is 20.3 Å². The van der Waals surface area contributed by atoms with Gasteiger partial charge in [-0.1, -0.05) is 6.07 Å². The normalized spacial score (nSPS) is 10.8. The SMILES string of the molecule is Cc1[nH]c(=O)c(C#N)c(C)c1CCC(=O)Nc1ccc(-c2nc3c(F)cccc3[nH]2)cc1. The summed E-state index contributed by atoms with van der Waals surface area (Å²) in [5, 5.41) is 12.0.